The molecular formula is C20H27N3O2. The maximum absolute atomic E-state index is 12.3. The minimum absolute atomic E-state index is 0.00890. The summed E-state index contributed by atoms with van der Waals surface area (Å²) < 4.78 is 1.86. The molecule has 3 rings (SSSR count). The first-order valence-electron chi connectivity index (χ1n) is 9.24. The van der Waals surface area contributed by atoms with Gasteiger partial charge in [0.25, 0.3) is 5.91 Å². The zero-order valence-corrected chi connectivity index (χ0v) is 15.3. The average Bonchev–Trinajstić information content (AvgIpc) is 2.84. The Labute approximate surface area is 148 Å². The van der Waals surface area contributed by atoms with Crippen molar-refractivity contribution in [1.82, 2.24) is 4.57 Å². The van der Waals surface area contributed by atoms with E-state index in [4.69, 9.17) is 0 Å². The van der Waals surface area contributed by atoms with E-state index in [9.17, 15) is 9.90 Å². The second kappa shape index (κ2) is 7.38. The molecule has 1 aromatic heterocycles. The van der Waals surface area contributed by atoms with Gasteiger partial charge in [-0.2, -0.15) is 0 Å². The summed E-state index contributed by atoms with van der Waals surface area (Å²) in [6.07, 6.45) is 5.17. The minimum atomic E-state index is -0.156. The van der Waals surface area contributed by atoms with Gasteiger partial charge < -0.3 is 9.67 Å². The van der Waals surface area contributed by atoms with E-state index in [-0.39, 0.29) is 17.7 Å². The van der Waals surface area contributed by atoms with Crippen LogP contribution in [0.15, 0.2) is 28.4 Å². The number of hydrogen-bond acceptors (Lipinski definition) is 3. The Morgan fingerprint density at radius 3 is 2.68 bits per heavy atom. The van der Waals surface area contributed by atoms with Crippen LogP contribution in [0.3, 0.4) is 0 Å². The molecule has 1 aliphatic rings. The molecule has 0 aliphatic heterocycles. The zero-order valence-electron chi connectivity index (χ0n) is 15.3. The molecule has 0 unspecified atom stereocenters. The van der Waals surface area contributed by atoms with Crippen molar-refractivity contribution in [3.63, 3.8) is 0 Å². The summed E-state index contributed by atoms with van der Waals surface area (Å²) in [7, 11) is 0. The van der Waals surface area contributed by atoms with Crippen LogP contribution in [0.4, 0.5) is 5.69 Å². The smallest absolute Gasteiger partial charge is 0.267 e. The first-order valence-corrected chi connectivity index (χ1v) is 9.24. The lowest BCUT2D eigenvalue weighted by Crippen LogP contribution is -2.15. The normalized spacial score (nSPS) is 16.3. The fraction of sp³-hybridized carbons (Fsp3) is 0.550. The number of azo groups is 1. The quantitative estimate of drug-likeness (QED) is 0.746. The van der Waals surface area contributed by atoms with Crippen LogP contribution in [-0.2, 0) is 11.3 Å². The van der Waals surface area contributed by atoms with Crippen LogP contribution in [0, 0.1) is 18.8 Å². The molecule has 1 saturated carbocycles. The van der Waals surface area contributed by atoms with E-state index in [1.807, 2.05) is 29.7 Å². The van der Waals surface area contributed by atoms with E-state index in [0.717, 1.165) is 42.1 Å². The topological polar surface area (TPSA) is 66.9 Å². The van der Waals surface area contributed by atoms with Crippen LogP contribution in [0.25, 0.3) is 10.9 Å². The lowest BCUT2D eigenvalue weighted by Gasteiger charge is -2.17. The summed E-state index contributed by atoms with van der Waals surface area (Å²) in [5.74, 6) is 0.313. The molecule has 134 valence electrons. The third kappa shape index (κ3) is 3.75. The molecule has 1 heterocycles. The second-order valence-electron chi connectivity index (χ2n) is 7.57. The van der Waals surface area contributed by atoms with Crippen molar-refractivity contribution >= 4 is 22.5 Å². The van der Waals surface area contributed by atoms with Crippen molar-refractivity contribution in [2.24, 2.45) is 22.1 Å². The molecule has 1 aromatic carbocycles. The fourth-order valence-electron chi connectivity index (χ4n) is 3.62. The lowest BCUT2D eigenvalue weighted by atomic mass is 9.89. The molecule has 5 heteroatoms. The number of hydrogen-bond donors (Lipinski definition) is 1. The number of benzene rings is 1. The summed E-state index contributed by atoms with van der Waals surface area (Å²) in [5.41, 5.74) is 2.42. The van der Waals surface area contributed by atoms with Gasteiger partial charge in [-0.05, 0) is 37.8 Å². The van der Waals surface area contributed by atoms with Crippen LogP contribution in [0.5, 0.6) is 5.88 Å². The number of nitrogens with zero attached hydrogens (tertiary/aromatic N) is 3. The van der Waals surface area contributed by atoms with Gasteiger partial charge in [-0.25, -0.2) is 0 Å². The van der Waals surface area contributed by atoms with Gasteiger partial charge in [0.15, 0.2) is 5.69 Å². The molecule has 0 spiro atoms. The van der Waals surface area contributed by atoms with Gasteiger partial charge in [-0.15, -0.1) is 10.2 Å². The summed E-state index contributed by atoms with van der Waals surface area (Å²) in [4.78, 5) is 12.3. The summed E-state index contributed by atoms with van der Waals surface area (Å²) in [5, 5.41) is 19.7. The Bertz CT molecular complexity index is 799. The molecular weight excluding hydrogens is 314 g/mol. The molecule has 1 aliphatic carbocycles. The van der Waals surface area contributed by atoms with Gasteiger partial charge in [0, 0.05) is 17.8 Å². The van der Waals surface area contributed by atoms with E-state index in [1.165, 1.54) is 6.42 Å². The molecule has 2 aromatic rings. The highest BCUT2D eigenvalue weighted by atomic mass is 16.3. The lowest BCUT2D eigenvalue weighted by molar-refractivity contribution is -0.122. The number of amides is 1. The Hall–Kier alpha value is -2.17. The molecule has 0 saturated heterocycles. The van der Waals surface area contributed by atoms with Crippen molar-refractivity contribution in [2.75, 3.05) is 0 Å². The van der Waals surface area contributed by atoms with Crippen LogP contribution in [-0.4, -0.2) is 15.6 Å². The van der Waals surface area contributed by atoms with E-state index >= 15 is 0 Å². The highest BCUT2D eigenvalue weighted by Crippen LogP contribution is 2.40. The first kappa shape index (κ1) is 17.6. The zero-order chi connectivity index (χ0) is 18.0. The van der Waals surface area contributed by atoms with Crippen LogP contribution in [0.1, 0.15) is 51.5 Å². The Morgan fingerprint density at radius 2 is 2.00 bits per heavy atom. The number of aromatic hydroxyl groups is 1. The van der Waals surface area contributed by atoms with Gasteiger partial charge in [0.2, 0.25) is 5.88 Å². The SMILES string of the molecule is Cc1ccc2c(c1)c(N=NC(=O)C1CCCCC1)c(O)n2CC(C)C. The highest BCUT2D eigenvalue weighted by Gasteiger charge is 2.22. The summed E-state index contributed by atoms with van der Waals surface area (Å²) in [6.45, 7) is 6.91. The van der Waals surface area contributed by atoms with Crippen LogP contribution < -0.4 is 0 Å². The molecule has 0 radical (unpaired) electrons. The van der Waals surface area contributed by atoms with Crippen molar-refractivity contribution < 1.29 is 9.90 Å². The van der Waals surface area contributed by atoms with E-state index in [0.29, 0.717) is 18.2 Å². The monoisotopic (exact) mass is 341 g/mol. The number of carbonyl (C=O) groups excluding carboxylic acids is 1. The van der Waals surface area contributed by atoms with Gasteiger partial charge in [0.05, 0.1) is 5.52 Å². The van der Waals surface area contributed by atoms with Gasteiger partial charge in [-0.1, -0.05) is 44.7 Å². The number of carbonyl (C=O) groups is 1. The standard InChI is InChI=1S/C20H27N3O2/c1-13(2)12-23-17-10-9-14(3)11-16(17)18(20(23)25)21-22-19(24)15-7-5-4-6-8-15/h9-11,13,15,25H,4-8,12H2,1-3H3. The number of aromatic nitrogens is 1. The van der Waals surface area contributed by atoms with Crippen molar-refractivity contribution in [3.8, 4) is 5.88 Å². The van der Waals surface area contributed by atoms with Crippen molar-refractivity contribution in [1.29, 1.82) is 0 Å². The molecule has 5 nitrogen and oxygen atoms in total. The van der Waals surface area contributed by atoms with Gasteiger partial charge >= 0.3 is 0 Å². The van der Waals surface area contributed by atoms with Crippen molar-refractivity contribution in [3.05, 3.63) is 23.8 Å². The van der Waals surface area contributed by atoms with E-state index < -0.39 is 0 Å². The maximum atomic E-state index is 12.3. The third-order valence-corrected chi connectivity index (χ3v) is 4.92. The molecule has 0 bridgehead atoms. The van der Waals surface area contributed by atoms with Crippen LogP contribution in [0.2, 0.25) is 0 Å². The molecule has 1 fully saturated rings. The second-order valence-corrected chi connectivity index (χ2v) is 7.57. The Morgan fingerprint density at radius 1 is 1.28 bits per heavy atom. The summed E-state index contributed by atoms with van der Waals surface area (Å²) in [6, 6.07) is 6.01. The van der Waals surface area contributed by atoms with Crippen molar-refractivity contribution in [2.45, 2.75) is 59.4 Å². The number of fused-ring (bicyclic) bond motifs is 1. The fourth-order valence-corrected chi connectivity index (χ4v) is 3.62. The number of aryl methyl sites for hydroxylation is 1. The third-order valence-electron chi connectivity index (χ3n) is 4.92. The first-order chi connectivity index (χ1) is 12.0. The van der Waals surface area contributed by atoms with Gasteiger partial charge in [-0.3, -0.25) is 4.79 Å². The highest BCUT2D eigenvalue weighted by molar-refractivity contribution is 5.95. The maximum Gasteiger partial charge on any atom is 0.267 e. The van der Waals surface area contributed by atoms with Gasteiger partial charge in [0.1, 0.15) is 0 Å². The van der Waals surface area contributed by atoms with E-state index in [1.54, 1.807) is 0 Å². The largest absolute Gasteiger partial charge is 0.493 e. The predicted molar refractivity (Wildman–Crippen MR) is 99.3 cm³/mol. The Balaban J connectivity index is 1.97. The molecule has 1 amide bonds. The average molecular weight is 341 g/mol. The summed E-state index contributed by atoms with van der Waals surface area (Å²) >= 11 is 0. The predicted octanol–water partition coefficient (Wildman–Crippen LogP) is 5.50. The molecule has 0 atom stereocenters. The van der Waals surface area contributed by atoms with Crippen LogP contribution >= 0.6 is 0 Å². The Kier molecular flexibility index (Phi) is 5.21. The minimum Gasteiger partial charge on any atom is -0.493 e. The molecule has 1 N–H and O–H groups in total. The number of rotatable bonds is 4. The molecule has 25 heavy (non-hydrogen) atoms. The van der Waals surface area contributed by atoms with E-state index in [2.05, 4.69) is 24.1 Å².